The minimum atomic E-state index is -5.65. The van der Waals surface area contributed by atoms with Crippen LogP contribution in [0.3, 0.4) is 0 Å². The summed E-state index contributed by atoms with van der Waals surface area (Å²) in [6.45, 7) is -1.69. The molecule has 0 aromatic heterocycles. The van der Waals surface area contributed by atoms with Gasteiger partial charge in [0.25, 0.3) is 0 Å². The number of rotatable bonds is 15. The fourth-order valence-electron chi connectivity index (χ4n) is 4.08. The second-order valence-electron chi connectivity index (χ2n) is 8.24. The third-order valence-electron chi connectivity index (χ3n) is 5.45. The fourth-order valence-corrected chi connectivity index (χ4v) is 5.85. The van der Waals surface area contributed by atoms with Crippen molar-refractivity contribution in [2.75, 3.05) is 34.5 Å². The topological polar surface area (TPSA) is 330 Å². The fraction of sp³-hybridized carbons (Fsp3) is 1.00. The standard InChI is InChI=1S/C15H28O23S4/c1-29-4-6-8(30-2)10(31-3)13(38-42(26,27)28)15(34-6)35-9-7(5-32-39(17,18)19)33-14(16)12(37-41(23,24)25)11(9)36-40(20,21)22/h6-16H,4-5H2,1-3H3,(H,17,18,19)(H,20,21,22)(H,23,24,25)(H,26,27,28)/t6-,7-,8+,9-,10+,11+,12-,13-,14-,15-/m1/s1. The highest BCUT2D eigenvalue weighted by molar-refractivity contribution is 7.81. The summed E-state index contributed by atoms with van der Waals surface area (Å²) < 4.78 is 178. The first-order chi connectivity index (χ1) is 19.1. The van der Waals surface area contributed by atoms with E-state index in [1.165, 1.54) is 7.11 Å². The quantitative estimate of drug-likeness (QED) is 0.101. The van der Waals surface area contributed by atoms with Crippen molar-refractivity contribution in [1.82, 2.24) is 0 Å². The molecule has 27 heteroatoms. The predicted molar refractivity (Wildman–Crippen MR) is 125 cm³/mol. The third kappa shape index (κ3) is 11.3. The first-order valence-corrected chi connectivity index (χ1v) is 16.3. The molecule has 0 amide bonds. The highest BCUT2D eigenvalue weighted by Crippen LogP contribution is 2.35. The second-order valence-corrected chi connectivity index (χ2v) is 12.5. The van der Waals surface area contributed by atoms with Gasteiger partial charge < -0.3 is 33.5 Å². The van der Waals surface area contributed by atoms with Gasteiger partial charge in [-0.1, -0.05) is 0 Å². The van der Waals surface area contributed by atoms with Gasteiger partial charge in [-0.3, -0.25) is 18.2 Å². The van der Waals surface area contributed by atoms with Crippen LogP contribution < -0.4 is 0 Å². The average Bonchev–Trinajstić information content (AvgIpc) is 2.80. The molecule has 0 aromatic rings. The van der Waals surface area contributed by atoms with Crippen LogP contribution in [0.1, 0.15) is 0 Å². The number of ether oxygens (including phenoxy) is 6. The lowest BCUT2D eigenvalue weighted by Gasteiger charge is -2.48. The van der Waals surface area contributed by atoms with Gasteiger partial charge in [-0.25, -0.2) is 16.7 Å². The van der Waals surface area contributed by atoms with Crippen LogP contribution in [0.2, 0.25) is 0 Å². The zero-order valence-electron chi connectivity index (χ0n) is 21.4. The molecule has 10 atom stereocenters. The summed E-state index contributed by atoms with van der Waals surface area (Å²) in [7, 11) is -18.5. The van der Waals surface area contributed by atoms with E-state index in [0.717, 1.165) is 14.2 Å². The summed E-state index contributed by atoms with van der Waals surface area (Å²) in [6.07, 6.45) is -20.6. The number of hydrogen-bond acceptors (Lipinski definition) is 19. The molecule has 0 aromatic carbocycles. The van der Waals surface area contributed by atoms with Crippen molar-refractivity contribution in [3.8, 4) is 0 Å². The smallest absolute Gasteiger partial charge is 0.382 e. The maximum absolute atomic E-state index is 11.7. The summed E-state index contributed by atoms with van der Waals surface area (Å²) in [5.41, 5.74) is 0. The molecule has 0 unspecified atom stereocenters. The summed E-state index contributed by atoms with van der Waals surface area (Å²) >= 11 is 0. The molecule has 2 heterocycles. The Morgan fingerprint density at radius 3 is 1.50 bits per heavy atom. The van der Waals surface area contributed by atoms with Crippen molar-refractivity contribution in [2.24, 2.45) is 0 Å². The van der Waals surface area contributed by atoms with E-state index in [-0.39, 0.29) is 6.61 Å². The number of methoxy groups -OCH3 is 3. The lowest BCUT2D eigenvalue weighted by atomic mass is 9.96. The maximum atomic E-state index is 11.7. The summed E-state index contributed by atoms with van der Waals surface area (Å²) in [4.78, 5) is 0. The lowest BCUT2D eigenvalue weighted by Crippen LogP contribution is -2.66. The van der Waals surface area contributed by atoms with Crippen LogP contribution in [-0.4, -0.2) is 153 Å². The van der Waals surface area contributed by atoms with Gasteiger partial charge >= 0.3 is 41.6 Å². The predicted octanol–water partition coefficient (Wildman–Crippen LogP) is -4.13. The highest BCUT2D eigenvalue weighted by Gasteiger charge is 2.56. The van der Waals surface area contributed by atoms with Gasteiger partial charge in [-0.05, 0) is 0 Å². The van der Waals surface area contributed by atoms with Gasteiger partial charge in [0.2, 0.25) is 0 Å². The SMILES string of the molecule is COC[C@H]1O[C@H](O[C@H]2[C@H](OS(=O)(=O)O)[C@@H](OS(=O)(=O)O)[C@H](O)O[C@@H]2COS(=O)(=O)O)[C@H](OS(=O)(=O)O)[C@@H](OC)[C@H]1OC. The van der Waals surface area contributed by atoms with Gasteiger partial charge in [-0.15, -0.1) is 0 Å². The van der Waals surface area contributed by atoms with E-state index < -0.39 is 110 Å². The van der Waals surface area contributed by atoms with Crippen LogP contribution in [0.25, 0.3) is 0 Å². The Bertz CT molecular complexity index is 1310. The third-order valence-corrected chi connectivity index (χ3v) is 7.28. The first kappa shape index (κ1) is 37.4. The number of hydrogen-bond donors (Lipinski definition) is 5. The largest absolute Gasteiger partial charge is 0.397 e. The molecule has 0 aliphatic carbocycles. The maximum Gasteiger partial charge on any atom is 0.397 e. The Kier molecular flexibility index (Phi) is 12.9. The van der Waals surface area contributed by atoms with E-state index >= 15 is 0 Å². The average molecular weight is 705 g/mol. The molecule has 2 aliphatic heterocycles. The zero-order valence-corrected chi connectivity index (χ0v) is 24.7. The molecule has 0 bridgehead atoms. The van der Waals surface area contributed by atoms with Crippen molar-refractivity contribution < 1.29 is 102 Å². The van der Waals surface area contributed by atoms with E-state index in [2.05, 4.69) is 16.7 Å². The van der Waals surface area contributed by atoms with Gasteiger partial charge in [0.05, 0.1) is 13.2 Å². The van der Waals surface area contributed by atoms with Crippen LogP contribution in [0, 0.1) is 0 Å². The van der Waals surface area contributed by atoms with Crippen molar-refractivity contribution in [3.05, 3.63) is 0 Å². The highest BCUT2D eigenvalue weighted by atomic mass is 32.3. The number of aliphatic hydroxyl groups is 1. The zero-order chi connectivity index (χ0) is 32.3. The molecule has 2 rings (SSSR count). The van der Waals surface area contributed by atoms with Gasteiger partial charge in [0, 0.05) is 21.3 Å². The summed E-state index contributed by atoms with van der Waals surface area (Å²) in [5, 5.41) is 10.3. The van der Waals surface area contributed by atoms with Crippen LogP contribution in [0.4, 0.5) is 0 Å². The van der Waals surface area contributed by atoms with Crippen LogP contribution in [0.5, 0.6) is 0 Å². The molecular formula is C15H28O23S4. The molecular weight excluding hydrogens is 676 g/mol. The van der Waals surface area contributed by atoms with Crippen molar-refractivity contribution in [2.45, 2.75) is 61.4 Å². The lowest BCUT2D eigenvalue weighted by molar-refractivity contribution is -0.350. The molecule has 2 saturated heterocycles. The molecule has 2 fully saturated rings. The first-order valence-electron chi connectivity index (χ1n) is 10.9. The molecule has 23 nitrogen and oxygen atoms in total. The second kappa shape index (κ2) is 14.5. The van der Waals surface area contributed by atoms with E-state index in [1.54, 1.807) is 0 Å². The van der Waals surface area contributed by atoms with E-state index in [9.17, 15) is 47.9 Å². The van der Waals surface area contributed by atoms with Crippen molar-refractivity contribution in [1.29, 1.82) is 0 Å². The Balaban J connectivity index is 2.69. The Labute approximate surface area is 239 Å². The van der Waals surface area contributed by atoms with E-state index in [1.807, 2.05) is 0 Å². The molecule has 0 spiro atoms. The van der Waals surface area contributed by atoms with Crippen LogP contribution in [0.15, 0.2) is 0 Å². The van der Waals surface area contributed by atoms with E-state index in [0.29, 0.717) is 0 Å². The number of aliphatic hydroxyl groups excluding tert-OH is 1. The Morgan fingerprint density at radius 2 is 1.05 bits per heavy atom. The summed E-state index contributed by atoms with van der Waals surface area (Å²) in [5.74, 6) is 0. The molecule has 0 radical (unpaired) electrons. The minimum absolute atomic E-state index is 0.328. The molecule has 250 valence electrons. The van der Waals surface area contributed by atoms with Gasteiger partial charge in [0.15, 0.2) is 24.8 Å². The molecule has 0 saturated carbocycles. The van der Waals surface area contributed by atoms with Crippen LogP contribution >= 0.6 is 0 Å². The monoisotopic (exact) mass is 704 g/mol. The van der Waals surface area contributed by atoms with Gasteiger partial charge in [-0.2, -0.15) is 33.7 Å². The Hall–Kier alpha value is -0.800. The summed E-state index contributed by atoms with van der Waals surface area (Å²) in [6, 6.07) is 0. The van der Waals surface area contributed by atoms with Gasteiger partial charge in [0.1, 0.15) is 36.6 Å². The molecule has 42 heavy (non-hydrogen) atoms. The minimum Gasteiger partial charge on any atom is -0.382 e. The molecule has 2 aliphatic rings. The van der Waals surface area contributed by atoms with Crippen molar-refractivity contribution >= 4 is 41.6 Å². The van der Waals surface area contributed by atoms with Crippen molar-refractivity contribution in [3.63, 3.8) is 0 Å². The Morgan fingerprint density at radius 1 is 0.571 bits per heavy atom. The normalized spacial score (nSPS) is 35.2. The molecule has 5 N–H and O–H groups in total. The van der Waals surface area contributed by atoms with E-state index in [4.69, 9.17) is 37.5 Å². The van der Waals surface area contributed by atoms with Crippen LogP contribution in [-0.2, 0) is 86.7 Å².